The maximum absolute atomic E-state index is 5.88. The van der Waals surface area contributed by atoms with Gasteiger partial charge in [-0.1, -0.05) is 18.5 Å². The largest absolute Gasteiger partial charge is 0.482 e. The van der Waals surface area contributed by atoms with E-state index in [1.165, 1.54) is 0 Å². The van der Waals surface area contributed by atoms with Gasteiger partial charge in [-0.15, -0.1) is 0 Å². The van der Waals surface area contributed by atoms with Crippen LogP contribution in [0.3, 0.4) is 0 Å². The van der Waals surface area contributed by atoms with E-state index in [0.717, 1.165) is 24.5 Å². The molecule has 2 rings (SSSR count). The Hall–Kier alpha value is -1.49. The molecule has 2 aromatic heterocycles. The van der Waals surface area contributed by atoms with E-state index < -0.39 is 0 Å². The molecule has 0 aliphatic carbocycles. The minimum absolute atomic E-state index is 0.390. The fourth-order valence-electron chi connectivity index (χ4n) is 1.48. The quantitative estimate of drug-likeness (QED) is 0.822. The molecule has 6 heteroatoms. The van der Waals surface area contributed by atoms with Gasteiger partial charge in [-0.25, -0.2) is 4.98 Å². The summed E-state index contributed by atoms with van der Waals surface area (Å²) >= 11 is 5.88. The van der Waals surface area contributed by atoms with Crippen molar-refractivity contribution in [1.29, 1.82) is 0 Å². The molecule has 0 radical (unpaired) electrons. The van der Waals surface area contributed by atoms with Crippen LogP contribution in [0.1, 0.15) is 19.2 Å². The smallest absolute Gasteiger partial charge is 0.157 e. The third-order valence-electron chi connectivity index (χ3n) is 2.46. The predicted molar refractivity (Wildman–Crippen MR) is 65.1 cm³/mol. The van der Waals surface area contributed by atoms with Crippen molar-refractivity contribution in [3.8, 4) is 5.75 Å². The molecule has 92 valence electrons. The Morgan fingerprint density at radius 1 is 1.41 bits per heavy atom. The van der Waals surface area contributed by atoms with Crippen molar-refractivity contribution in [2.24, 2.45) is 7.05 Å². The van der Waals surface area contributed by atoms with E-state index in [4.69, 9.17) is 16.3 Å². The topological polar surface area (TPSA) is 44.9 Å². The van der Waals surface area contributed by atoms with Crippen LogP contribution in [0.2, 0.25) is 5.15 Å². The van der Waals surface area contributed by atoms with Crippen molar-refractivity contribution >= 4 is 11.6 Å². The Labute approximate surface area is 105 Å². The summed E-state index contributed by atoms with van der Waals surface area (Å²) in [6.07, 6.45) is 6.26. The minimum Gasteiger partial charge on any atom is -0.482 e. The van der Waals surface area contributed by atoms with Crippen LogP contribution in [0, 0.1) is 0 Å². The summed E-state index contributed by atoms with van der Waals surface area (Å²) in [5.74, 6) is 1.54. The van der Waals surface area contributed by atoms with Crippen LogP contribution in [0.15, 0.2) is 18.6 Å². The Kier molecular flexibility index (Phi) is 3.68. The molecule has 0 fully saturated rings. The van der Waals surface area contributed by atoms with Gasteiger partial charge in [-0.3, -0.25) is 4.68 Å². The molecule has 0 atom stereocenters. The second kappa shape index (κ2) is 5.23. The monoisotopic (exact) mass is 254 g/mol. The van der Waals surface area contributed by atoms with E-state index in [9.17, 15) is 0 Å². The molecule has 2 aromatic rings. The van der Waals surface area contributed by atoms with Gasteiger partial charge in [0.05, 0.1) is 18.6 Å². The summed E-state index contributed by atoms with van der Waals surface area (Å²) in [5.41, 5.74) is 0. The van der Waals surface area contributed by atoms with Crippen LogP contribution in [-0.2, 0) is 20.2 Å². The lowest BCUT2D eigenvalue weighted by Gasteiger charge is -2.03. The van der Waals surface area contributed by atoms with Gasteiger partial charge >= 0.3 is 0 Å². The van der Waals surface area contributed by atoms with E-state index in [-0.39, 0.29) is 0 Å². The zero-order valence-corrected chi connectivity index (χ0v) is 10.7. The van der Waals surface area contributed by atoms with Crippen molar-refractivity contribution in [2.75, 3.05) is 0 Å². The molecule has 0 aliphatic heterocycles. The van der Waals surface area contributed by atoms with E-state index in [2.05, 4.69) is 17.0 Å². The lowest BCUT2D eigenvalue weighted by atomic mass is 10.5. The zero-order chi connectivity index (χ0) is 12.3. The first kappa shape index (κ1) is 12.0. The van der Waals surface area contributed by atoms with E-state index in [1.54, 1.807) is 17.0 Å². The zero-order valence-electron chi connectivity index (χ0n) is 9.93. The molecule has 0 unspecified atom stereocenters. The van der Waals surface area contributed by atoms with Gasteiger partial charge in [-0.2, -0.15) is 5.10 Å². The molecule has 0 spiro atoms. The SMILES string of the molecule is CCCn1cc(OCc2ncc(Cl)n2C)cn1. The molecule has 2 heterocycles. The summed E-state index contributed by atoms with van der Waals surface area (Å²) in [4.78, 5) is 4.15. The van der Waals surface area contributed by atoms with Gasteiger partial charge in [-0.05, 0) is 6.42 Å². The summed E-state index contributed by atoms with van der Waals surface area (Å²) in [6, 6.07) is 0. The van der Waals surface area contributed by atoms with Gasteiger partial charge in [0.2, 0.25) is 0 Å². The van der Waals surface area contributed by atoms with Crippen LogP contribution in [-0.4, -0.2) is 19.3 Å². The van der Waals surface area contributed by atoms with Crippen LogP contribution >= 0.6 is 11.6 Å². The first-order chi connectivity index (χ1) is 8.20. The first-order valence-electron chi connectivity index (χ1n) is 5.52. The fourth-order valence-corrected chi connectivity index (χ4v) is 1.62. The number of halogens is 1. The van der Waals surface area contributed by atoms with Crippen molar-refractivity contribution in [3.05, 3.63) is 29.6 Å². The molecular weight excluding hydrogens is 240 g/mol. The second-order valence-corrected chi connectivity index (χ2v) is 4.17. The third kappa shape index (κ3) is 2.79. The number of aromatic nitrogens is 4. The third-order valence-corrected chi connectivity index (χ3v) is 2.81. The Bertz CT molecular complexity index is 491. The molecule has 0 saturated carbocycles. The van der Waals surface area contributed by atoms with E-state index in [1.807, 2.05) is 17.9 Å². The Balaban J connectivity index is 1.95. The molecule has 0 aromatic carbocycles. The molecule has 0 amide bonds. The highest BCUT2D eigenvalue weighted by Gasteiger charge is 2.06. The minimum atomic E-state index is 0.390. The predicted octanol–water partition coefficient (Wildman–Crippen LogP) is 2.26. The van der Waals surface area contributed by atoms with Crippen molar-refractivity contribution in [2.45, 2.75) is 26.5 Å². The Morgan fingerprint density at radius 2 is 2.24 bits per heavy atom. The molecule has 17 heavy (non-hydrogen) atoms. The van der Waals surface area contributed by atoms with Crippen LogP contribution in [0.4, 0.5) is 0 Å². The van der Waals surface area contributed by atoms with Crippen LogP contribution < -0.4 is 4.74 Å². The van der Waals surface area contributed by atoms with Crippen molar-refractivity contribution < 1.29 is 4.74 Å². The highest BCUT2D eigenvalue weighted by Crippen LogP contribution is 2.13. The average molecular weight is 255 g/mol. The number of hydrogen-bond acceptors (Lipinski definition) is 3. The lowest BCUT2D eigenvalue weighted by molar-refractivity contribution is 0.291. The van der Waals surface area contributed by atoms with Gasteiger partial charge in [0.25, 0.3) is 0 Å². The second-order valence-electron chi connectivity index (χ2n) is 3.78. The molecule has 0 aliphatic rings. The van der Waals surface area contributed by atoms with Gasteiger partial charge in [0, 0.05) is 13.6 Å². The number of hydrogen-bond donors (Lipinski definition) is 0. The maximum atomic E-state index is 5.88. The van der Waals surface area contributed by atoms with Gasteiger partial charge in [0.1, 0.15) is 17.6 Å². The van der Waals surface area contributed by atoms with Gasteiger partial charge < -0.3 is 9.30 Å². The van der Waals surface area contributed by atoms with Crippen molar-refractivity contribution in [1.82, 2.24) is 19.3 Å². The standard InChI is InChI=1S/C11H15ClN4O/c1-3-4-16-7-9(5-14-16)17-8-11-13-6-10(12)15(11)2/h5-7H,3-4,8H2,1-2H3. The molecule has 0 saturated heterocycles. The molecular formula is C11H15ClN4O. The number of rotatable bonds is 5. The first-order valence-corrected chi connectivity index (χ1v) is 5.90. The number of imidazole rings is 1. The lowest BCUT2D eigenvalue weighted by Crippen LogP contribution is -2.03. The van der Waals surface area contributed by atoms with Crippen LogP contribution in [0.25, 0.3) is 0 Å². The summed E-state index contributed by atoms with van der Waals surface area (Å²) in [5, 5.41) is 4.79. The number of ether oxygens (including phenoxy) is 1. The molecule has 5 nitrogen and oxygen atoms in total. The maximum Gasteiger partial charge on any atom is 0.157 e. The summed E-state index contributed by atoms with van der Waals surface area (Å²) < 4.78 is 9.24. The number of aryl methyl sites for hydroxylation is 1. The highest BCUT2D eigenvalue weighted by molar-refractivity contribution is 6.29. The van der Waals surface area contributed by atoms with E-state index in [0.29, 0.717) is 11.8 Å². The van der Waals surface area contributed by atoms with Crippen LogP contribution in [0.5, 0.6) is 5.75 Å². The highest BCUT2D eigenvalue weighted by atomic mass is 35.5. The van der Waals surface area contributed by atoms with Crippen molar-refractivity contribution in [3.63, 3.8) is 0 Å². The normalized spacial score (nSPS) is 10.8. The molecule has 0 bridgehead atoms. The summed E-state index contributed by atoms with van der Waals surface area (Å²) in [7, 11) is 1.86. The van der Waals surface area contributed by atoms with Gasteiger partial charge in [0.15, 0.2) is 5.75 Å². The Morgan fingerprint density at radius 3 is 2.88 bits per heavy atom. The number of nitrogens with zero attached hydrogens (tertiary/aromatic N) is 4. The molecule has 0 N–H and O–H groups in total. The summed E-state index contributed by atoms with van der Waals surface area (Å²) in [6.45, 7) is 3.40. The fraction of sp³-hybridized carbons (Fsp3) is 0.455. The average Bonchev–Trinajstić information content (AvgIpc) is 2.87. The van der Waals surface area contributed by atoms with E-state index >= 15 is 0 Å².